The van der Waals surface area contributed by atoms with Crippen molar-refractivity contribution in [2.24, 2.45) is 52.1 Å². The summed E-state index contributed by atoms with van der Waals surface area (Å²) in [6.07, 6.45) is 14.2. The zero-order chi connectivity index (χ0) is 21.3. The third-order valence-corrected chi connectivity index (χ3v) is 11.0. The lowest BCUT2D eigenvalue weighted by Crippen LogP contribution is -2.51. The van der Waals surface area contributed by atoms with Crippen LogP contribution in [0.4, 0.5) is 0 Å². The van der Waals surface area contributed by atoms with Crippen LogP contribution in [0.5, 0.6) is 0 Å². The van der Waals surface area contributed by atoms with Crippen LogP contribution in [0.15, 0.2) is 11.6 Å². The number of aliphatic hydroxyl groups excluding tert-OH is 1. The molecule has 3 N–H and O–H groups in total. The van der Waals surface area contributed by atoms with E-state index in [0.29, 0.717) is 34.9 Å². The van der Waals surface area contributed by atoms with Gasteiger partial charge < -0.3 is 15.6 Å². The van der Waals surface area contributed by atoms with E-state index < -0.39 is 0 Å². The van der Waals surface area contributed by atoms with Crippen LogP contribution in [-0.4, -0.2) is 30.0 Å². The molecule has 0 aromatic heterocycles. The summed E-state index contributed by atoms with van der Waals surface area (Å²) in [6.45, 7) is 10.7. The Kier molecular flexibility index (Phi) is 5.43. The number of aliphatic hydroxyl groups is 1. The molecule has 0 bridgehead atoms. The van der Waals surface area contributed by atoms with E-state index in [2.05, 4.69) is 33.8 Å². The molecule has 3 heteroatoms. The van der Waals surface area contributed by atoms with Gasteiger partial charge in [0.25, 0.3) is 0 Å². The van der Waals surface area contributed by atoms with E-state index in [9.17, 15) is 5.11 Å². The molecule has 2 unspecified atom stereocenters. The highest BCUT2D eigenvalue weighted by Crippen LogP contribution is 2.69. The molecule has 3 nitrogen and oxygen atoms in total. The van der Waals surface area contributed by atoms with Crippen molar-refractivity contribution in [2.75, 3.05) is 6.54 Å². The third-order valence-electron chi connectivity index (χ3n) is 11.0. The highest BCUT2D eigenvalue weighted by Gasteiger charge is 2.64. The first kappa shape index (κ1) is 21.5. The van der Waals surface area contributed by atoms with E-state index in [1.54, 1.807) is 5.57 Å². The van der Waals surface area contributed by atoms with Crippen molar-refractivity contribution < 1.29 is 9.84 Å². The molecule has 11 atom stereocenters. The van der Waals surface area contributed by atoms with E-state index >= 15 is 0 Å². The van der Waals surface area contributed by atoms with Crippen molar-refractivity contribution in [3.63, 3.8) is 0 Å². The standard InChI is InChI=1S/C27H45NO2/c1-16(15-28)5-8-23-17(2)25-24(30-23)14-22-20-7-6-18-13-19(29)9-11-26(18,3)21(20)10-12-27(22,25)4/h6,16-17,19-25,29H,5,7-15,28H2,1-4H3/t16?,17-,19+,20-,21+,22+,23?,24+,25+,26+,27+/m1/s1. The molecule has 1 saturated heterocycles. The van der Waals surface area contributed by atoms with E-state index in [4.69, 9.17) is 10.5 Å². The van der Waals surface area contributed by atoms with Gasteiger partial charge >= 0.3 is 0 Å². The molecule has 4 fully saturated rings. The first-order chi connectivity index (χ1) is 14.3. The van der Waals surface area contributed by atoms with Gasteiger partial charge in [0.1, 0.15) is 0 Å². The molecular formula is C27H45NO2. The molecule has 170 valence electrons. The third kappa shape index (κ3) is 3.09. The highest BCUT2D eigenvalue weighted by atomic mass is 16.5. The van der Waals surface area contributed by atoms with E-state index in [1.165, 1.54) is 44.9 Å². The average molecular weight is 416 g/mol. The number of hydrogen-bond donors (Lipinski definition) is 2. The largest absolute Gasteiger partial charge is 0.393 e. The Morgan fingerprint density at radius 3 is 2.80 bits per heavy atom. The molecule has 0 amide bonds. The Balaban J connectivity index is 1.34. The molecule has 30 heavy (non-hydrogen) atoms. The molecule has 0 radical (unpaired) electrons. The Morgan fingerprint density at radius 2 is 2.03 bits per heavy atom. The summed E-state index contributed by atoms with van der Waals surface area (Å²) in [6, 6.07) is 0. The Labute approximate surface area is 184 Å². The van der Waals surface area contributed by atoms with Crippen molar-refractivity contribution in [1.29, 1.82) is 0 Å². The van der Waals surface area contributed by atoms with E-state index in [1.807, 2.05) is 0 Å². The minimum Gasteiger partial charge on any atom is -0.393 e. The van der Waals surface area contributed by atoms with Crippen LogP contribution in [0.1, 0.15) is 85.5 Å². The second-order valence-electron chi connectivity index (χ2n) is 12.5. The van der Waals surface area contributed by atoms with Crippen LogP contribution in [0.2, 0.25) is 0 Å². The van der Waals surface area contributed by atoms with Gasteiger partial charge in [-0.1, -0.05) is 39.3 Å². The number of ether oxygens (including phenoxy) is 1. The maximum atomic E-state index is 10.2. The topological polar surface area (TPSA) is 55.5 Å². The summed E-state index contributed by atoms with van der Waals surface area (Å²) in [7, 11) is 0. The minimum absolute atomic E-state index is 0.103. The number of nitrogens with two attached hydrogens (primary N) is 1. The van der Waals surface area contributed by atoms with Gasteiger partial charge in [-0.2, -0.15) is 0 Å². The maximum absolute atomic E-state index is 10.2. The van der Waals surface area contributed by atoms with Gasteiger partial charge in [-0.3, -0.25) is 0 Å². The van der Waals surface area contributed by atoms with Gasteiger partial charge in [0.05, 0.1) is 18.3 Å². The summed E-state index contributed by atoms with van der Waals surface area (Å²) < 4.78 is 6.79. The van der Waals surface area contributed by atoms with Crippen LogP contribution in [0.25, 0.3) is 0 Å². The van der Waals surface area contributed by atoms with Gasteiger partial charge in [-0.15, -0.1) is 0 Å². The molecule has 0 spiro atoms. The molecule has 4 aliphatic carbocycles. The first-order valence-corrected chi connectivity index (χ1v) is 13.0. The SMILES string of the molecule is CC(CN)CCC1O[C@H]2C[C@H]3[C@@H]4CC=C5C[C@@H](O)CC[C@]5(C)[C@H]4CC[C@]3(C)[C@H]2[C@@H]1C. The smallest absolute Gasteiger partial charge is 0.0618 e. The summed E-state index contributed by atoms with van der Waals surface area (Å²) in [5.41, 5.74) is 8.24. The number of hydrogen-bond acceptors (Lipinski definition) is 3. The summed E-state index contributed by atoms with van der Waals surface area (Å²) in [4.78, 5) is 0. The zero-order valence-electron chi connectivity index (χ0n) is 19.8. The molecule has 1 aliphatic heterocycles. The minimum atomic E-state index is -0.103. The predicted octanol–water partition coefficient (Wildman–Crippen LogP) is 5.31. The van der Waals surface area contributed by atoms with Crippen molar-refractivity contribution >= 4 is 0 Å². The fourth-order valence-electron chi connectivity index (χ4n) is 9.23. The van der Waals surface area contributed by atoms with Crippen LogP contribution >= 0.6 is 0 Å². The average Bonchev–Trinajstić information content (AvgIpc) is 3.20. The molecule has 3 saturated carbocycles. The lowest BCUT2D eigenvalue weighted by Gasteiger charge is -2.58. The molecule has 5 aliphatic rings. The Hall–Kier alpha value is -0.380. The van der Waals surface area contributed by atoms with Gasteiger partial charge in [0.2, 0.25) is 0 Å². The molecule has 5 rings (SSSR count). The molecule has 1 heterocycles. The fourth-order valence-corrected chi connectivity index (χ4v) is 9.23. The van der Waals surface area contributed by atoms with Crippen molar-refractivity contribution in [1.82, 2.24) is 0 Å². The highest BCUT2D eigenvalue weighted by molar-refractivity contribution is 5.26. The Bertz CT molecular complexity index is 690. The van der Waals surface area contributed by atoms with Crippen LogP contribution in [0.3, 0.4) is 0 Å². The van der Waals surface area contributed by atoms with Gasteiger partial charge in [0.15, 0.2) is 0 Å². The zero-order valence-corrected chi connectivity index (χ0v) is 19.8. The summed E-state index contributed by atoms with van der Waals surface area (Å²) in [5.74, 6) is 4.50. The number of allylic oxidation sites excluding steroid dienone is 1. The molecule has 0 aromatic rings. The van der Waals surface area contributed by atoms with E-state index in [0.717, 1.165) is 43.1 Å². The second-order valence-corrected chi connectivity index (χ2v) is 12.5. The van der Waals surface area contributed by atoms with Crippen molar-refractivity contribution in [3.05, 3.63) is 11.6 Å². The fraction of sp³-hybridized carbons (Fsp3) is 0.926. The van der Waals surface area contributed by atoms with Gasteiger partial charge in [-0.05, 0) is 111 Å². The predicted molar refractivity (Wildman–Crippen MR) is 122 cm³/mol. The first-order valence-electron chi connectivity index (χ1n) is 13.0. The van der Waals surface area contributed by atoms with Crippen LogP contribution in [-0.2, 0) is 4.74 Å². The summed E-state index contributed by atoms with van der Waals surface area (Å²) in [5, 5.41) is 10.2. The number of fused-ring (bicyclic) bond motifs is 7. The second kappa shape index (κ2) is 7.59. The summed E-state index contributed by atoms with van der Waals surface area (Å²) >= 11 is 0. The lowest BCUT2D eigenvalue weighted by molar-refractivity contribution is -0.0589. The van der Waals surface area contributed by atoms with Gasteiger partial charge in [-0.25, -0.2) is 0 Å². The van der Waals surface area contributed by atoms with Crippen LogP contribution < -0.4 is 5.73 Å². The van der Waals surface area contributed by atoms with Crippen molar-refractivity contribution in [2.45, 2.75) is 104 Å². The van der Waals surface area contributed by atoms with Crippen LogP contribution in [0, 0.1) is 46.3 Å². The maximum Gasteiger partial charge on any atom is 0.0618 e. The van der Waals surface area contributed by atoms with E-state index in [-0.39, 0.29) is 6.10 Å². The lowest BCUT2D eigenvalue weighted by atomic mass is 9.47. The normalized spacial score (nSPS) is 53.3. The Morgan fingerprint density at radius 1 is 1.23 bits per heavy atom. The quantitative estimate of drug-likeness (QED) is 0.611. The molecular weight excluding hydrogens is 370 g/mol. The monoisotopic (exact) mass is 415 g/mol. The van der Waals surface area contributed by atoms with Crippen molar-refractivity contribution in [3.8, 4) is 0 Å². The molecule has 0 aromatic carbocycles. The number of rotatable bonds is 4. The van der Waals surface area contributed by atoms with Gasteiger partial charge in [0, 0.05) is 0 Å².